The van der Waals surface area contributed by atoms with Gasteiger partial charge in [0, 0.05) is 24.3 Å². The summed E-state index contributed by atoms with van der Waals surface area (Å²) in [4.78, 5) is 27.4. The van der Waals surface area contributed by atoms with Crippen LogP contribution in [0.4, 0.5) is 11.4 Å². The Balaban J connectivity index is 1.57. The fourth-order valence-electron chi connectivity index (χ4n) is 3.59. The number of rotatable bonds is 6. The minimum absolute atomic E-state index is 0.0240. The van der Waals surface area contributed by atoms with Crippen LogP contribution in [-0.2, 0) is 14.8 Å². The van der Waals surface area contributed by atoms with E-state index in [4.69, 9.17) is 16.3 Å². The second-order valence-electron chi connectivity index (χ2n) is 8.02. The molecule has 4 rings (SSSR count). The summed E-state index contributed by atoms with van der Waals surface area (Å²) in [5.41, 5.74) is 2.10. The number of hydrogen-bond acceptors (Lipinski definition) is 5. The normalized spacial score (nSPS) is 13.8. The Kier molecular flexibility index (Phi) is 7.39. The number of halogens is 1. The van der Waals surface area contributed by atoms with Crippen LogP contribution in [0.5, 0.6) is 0 Å². The molecule has 0 atom stereocenters. The van der Waals surface area contributed by atoms with E-state index in [0.717, 1.165) is 5.56 Å². The van der Waals surface area contributed by atoms with Crippen molar-refractivity contribution in [1.29, 1.82) is 0 Å². The molecule has 10 heteroatoms. The van der Waals surface area contributed by atoms with E-state index in [1.54, 1.807) is 53.4 Å². The number of ether oxygens (including phenoxy) is 1. The molecule has 3 aromatic carbocycles. The van der Waals surface area contributed by atoms with Crippen molar-refractivity contribution in [2.24, 2.45) is 0 Å². The van der Waals surface area contributed by atoms with E-state index in [-0.39, 0.29) is 21.4 Å². The lowest BCUT2D eigenvalue weighted by Gasteiger charge is -2.27. The van der Waals surface area contributed by atoms with Gasteiger partial charge in [0.05, 0.1) is 29.5 Å². The van der Waals surface area contributed by atoms with E-state index in [2.05, 4.69) is 10.0 Å². The van der Waals surface area contributed by atoms with Gasteiger partial charge >= 0.3 is 0 Å². The second-order valence-corrected chi connectivity index (χ2v) is 10.1. The van der Waals surface area contributed by atoms with Gasteiger partial charge in [-0.3, -0.25) is 14.3 Å². The Morgan fingerprint density at radius 3 is 2.37 bits per heavy atom. The highest BCUT2D eigenvalue weighted by molar-refractivity contribution is 7.92. The maximum atomic E-state index is 13.0. The molecule has 0 radical (unpaired) electrons. The van der Waals surface area contributed by atoms with E-state index in [0.29, 0.717) is 43.2 Å². The minimum atomic E-state index is -4.06. The molecule has 3 aromatic rings. The van der Waals surface area contributed by atoms with Gasteiger partial charge in [-0.05, 0) is 49.4 Å². The van der Waals surface area contributed by atoms with Crippen LogP contribution >= 0.6 is 11.6 Å². The third-order valence-electron chi connectivity index (χ3n) is 5.49. The standard InChI is InChI=1S/C25H24ClN3O5S/c1-17-6-9-19(10-7-17)28-35(32,33)23-16-18(8-11-21(23)26)24(30)27-22-5-3-2-4-20(22)25(31)29-12-14-34-15-13-29/h2-11,16,28H,12-15H2,1H3,(H,27,30). The van der Waals surface area contributed by atoms with Crippen molar-refractivity contribution in [2.45, 2.75) is 11.8 Å². The first kappa shape index (κ1) is 24.7. The van der Waals surface area contributed by atoms with E-state index < -0.39 is 15.9 Å². The second kappa shape index (κ2) is 10.5. The molecule has 182 valence electrons. The van der Waals surface area contributed by atoms with Crippen LogP contribution in [0.3, 0.4) is 0 Å². The zero-order valence-electron chi connectivity index (χ0n) is 19.0. The summed E-state index contributed by atoms with van der Waals surface area (Å²) >= 11 is 6.18. The number of amides is 2. The molecule has 2 N–H and O–H groups in total. The summed E-state index contributed by atoms with van der Waals surface area (Å²) in [6.07, 6.45) is 0. The Labute approximate surface area is 208 Å². The lowest BCUT2D eigenvalue weighted by Crippen LogP contribution is -2.41. The fraction of sp³-hybridized carbons (Fsp3) is 0.200. The molecule has 2 amide bonds. The molecule has 1 fully saturated rings. The van der Waals surface area contributed by atoms with Crippen LogP contribution in [0.2, 0.25) is 5.02 Å². The van der Waals surface area contributed by atoms with E-state index in [9.17, 15) is 18.0 Å². The van der Waals surface area contributed by atoms with Gasteiger partial charge in [-0.1, -0.05) is 41.4 Å². The first-order chi connectivity index (χ1) is 16.7. The third-order valence-corrected chi connectivity index (χ3v) is 7.35. The number of carbonyl (C=O) groups is 2. The molecule has 35 heavy (non-hydrogen) atoms. The maximum absolute atomic E-state index is 13.0. The summed E-state index contributed by atoms with van der Waals surface area (Å²) in [5, 5.41) is 2.70. The van der Waals surface area contributed by atoms with Crippen LogP contribution in [-0.4, -0.2) is 51.4 Å². The van der Waals surface area contributed by atoms with Gasteiger partial charge in [0.1, 0.15) is 4.90 Å². The van der Waals surface area contributed by atoms with Gasteiger partial charge in [-0.15, -0.1) is 0 Å². The van der Waals surface area contributed by atoms with E-state index in [1.165, 1.54) is 18.2 Å². The highest BCUT2D eigenvalue weighted by Crippen LogP contribution is 2.26. The number of para-hydroxylation sites is 1. The van der Waals surface area contributed by atoms with Crippen LogP contribution < -0.4 is 10.0 Å². The predicted octanol–water partition coefficient (Wildman–Crippen LogP) is 4.17. The van der Waals surface area contributed by atoms with Gasteiger partial charge in [-0.25, -0.2) is 8.42 Å². The lowest BCUT2D eigenvalue weighted by atomic mass is 10.1. The first-order valence-corrected chi connectivity index (χ1v) is 12.8. The average molecular weight is 514 g/mol. The number of nitrogens with zero attached hydrogens (tertiary/aromatic N) is 1. The van der Waals surface area contributed by atoms with Gasteiger partial charge in [0.2, 0.25) is 0 Å². The third kappa shape index (κ3) is 5.82. The molecular formula is C25H24ClN3O5S. The molecular weight excluding hydrogens is 490 g/mol. The Bertz CT molecular complexity index is 1350. The van der Waals surface area contributed by atoms with Crippen molar-refractivity contribution in [2.75, 3.05) is 36.3 Å². The zero-order chi connectivity index (χ0) is 25.0. The Morgan fingerprint density at radius 1 is 0.971 bits per heavy atom. The van der Waals surface area contributed by atoms with Crippen molar-refractivity contribution in [3.63, 3.8) is 0 Å². The van der Waals surface area contributed by atoms with Crippen LogP contribution in [0.25, 0.3) is 0 Å². The van der Waals surface area contributed by atoms with Gasteiger partial charge < -0.3 is 15.0 Å². The molecule has 1 saturated heterocycles. The fourth-order valence-corrected chi connectivity index (χ4v) is 5.18. The molecule has 1 heterocycles. The molecule has 1 aliphatic heterocycles. The first-order valence-electron chi connectivity index (χ1n) is 10.9. The number of carbonyl (C=O) groups excluding carboxylic acids is 2. The predicted molar refractivity (Wildman–Crippen MR) is 135 cm³/mol. The summed E-state index contributed by atoms with van der Waals surface area (Å²) in [5.74, 6) is -0.790. The van der Waals surface area contributed by atoms with Crippen molar-refractivity contribution in [3.05, 3.63) is 88.4 Å². The minimum Gasteiger partial charge on any atom is -0.378 e. The molecule has 0 saturated carbocycles. The number of nitrogens with one attached hydrogen (secondary N) is 2. The van der Waals surface area contributed by atoms with E-state index >= 15 is 0 Å². The van der Waals surface area contributed by atoms with Gasteiger partial charge in [0.25, 0.3) is 21.8 Å². The van der Waals surface area contributed by atoms with Gasteiger partial charge in [0.15, 0.2) is 0 Å². The van der Waals surface area contributed by atoms with Crippen molar-refractivity contribution >= 4 is 44.8 Å². The Morgan fingerprint density at radius 2 is 1.66 bits per heavy atom. The highest BCUT2D eigenvalue weighted by atomic mass is 35.5. The lowest BCUT2D eigenvalue weighted by molar-refractivity contribution is 0.0303. The highest BCUT2D eigenvalue weighted by Gasteiger charge is 2.23. The summed E-state index contributed by atoms with van der Waals surface area (Å²) in [6, 6.07) is 17.5. The Hall–Kier alpha value is -3.40. The van der Waals surface area contributed by atoms with Crippen LogP contribution in [0.15, 0.2) is 71.6 Å². The molecule has 0 unspecified atom stereocenters. The van der Waals surface area contributed by atoms with E-state index in [1.807, 2.05) is 6.92 Å². The van der Waals surface area contributed by atoms with Crippen molar-refractivity contribution in [1.82, 2.24) is 4.90 Å². The number of sulfonamides is 1. The van der Waals surface area contributed by atoms with Crippen molar-refractivity contribution < 1.29 is 22.7 Å². The number of aryl methyl sites for hydroxylation is 1. The quantitative estimate of drug-likeness (QED) is 0.514. The van der Waals surface area contributed by atoms with Crippen molar-refractivity contribution in [3.8, 4) is 0 Å². The molecule has 1 aliphatic rings. The summed E-state index contributed by atoms with van der Waals surface area (Å²) in [6.45, 7) is 3.74. The number of anilines is 2. The smallest absolute Gasteiger partial charge is 0.263 e. The summed E-state index contributed by atoms with van der Waals surface area (Å²) < 4.78 is 33.7. The van der Waals surface area contributed by atoms with Crippen LogP contribution in [0.1, 0.15) is 26.3 Å². The topological polar surface area (TPSA) is 105 Å². The number of morpholine rings is 1. The largest absolute Gasteiger partial charge is 0.378 e. The molecule has 0 bridgehead atoms. The number of hydrogen-bond donors (Lipinski definition) is 2. The van der Waals surface area contributed by atoms with Gasteiger partial charge in [-0.2, -0.15) is 0 Å². The average Bonchev–Trinajstić information content (AvgIpc) is 2.86. The maximum Gasteiger partial charge on any atom is 0.263 e. The molecule has 0 aliphatic carbocycles. The molecule has 8 nitrogen and oxygen atoms in total. The molecule has 0 aromatic heterocycles. The van der Waals surface area contributed by atoms with Crippen LogP contribution in [0, 0.1) is 6.92 Å². The number of benzene rings is 3. The summed E-state index contributed by atoms with van der Waals surface area (Å²) in [7, 11) is -4.06. The zero-order valence-corrected chi connectivity index (χ0v) is 20.5. The SMILES string of the molecule is Cc1ccc(NS(=O)(=O)c2cc(C(=O)Nc3ccccc3C(=O)N3CCOCC3)ccc2Cl)cc1. The monoisotopic (exact) mass is 513 g/mol. The molecule has 0 spiro atoms.